The summed E-state index contributed by atoms with van der Waals surface area (Å²) in [5, 5.41) is 4.81. The van der Waals surface area contributed by atoms with Crippen LogP contribution in [0.25, 0.3) is 0 Å². The predicted molar refractivity (Wildman–Crippen MR) is 95.8 cm³/mol. The van der Waals surface area contributed by atoms with Crippen LogP contribution in [0.1, 0.15) is 49.3 Å². The molecule has 114 valence electrons. The Bertz CT molecular complexity index is 611. The third kappa shape index (κ3) is 4.01. The lowest BCUT2D eigenvalue weighted by molar-refractivity contribution is 0.584. The molecular formula is C17H24N2S2. The first-order chi connectivity index (χ1) is 9.81. The van der Waals surface area contributed by atoms with E-state index in [1.54, 1.807) is 11.8 Å². The summed E-state index contributed by atoms with van der Waals surface area (Å²) in [6.07, 6.45) is 2.10. The first-order valence-electron chi connectivity index (χ1n) is 7.19. The van der Waals surface area contributed by atoms with Gasteiger partial charge in [0.25, 0.3) is 0 Å². The van der Waals surface area contributed by atoms with Gasteiger partial charge in [0.1, 0.15) is 0 Å². The Hall–Kier alpha value is -1.00. The van der Waals surface area contributed by atoms with Gasteiger partial charge in [0.2, 0.25) is 0 Å². The molecule has 0 aliphatic heterocycles. The summed E-state index contributed by atoms with van der Waals surface area (Å²) in [5.41, 5.74) is 2.43. The zero-order chi connectivity index (χ0) is 15.6. The van der Waals surface area contributed by atoms with Crippen molar-refractivity contribution in [1.29, 1.82) is 0 Å². The van der Waals surface area contributed by atoms with E-state index in [4.69, 9.17) is 4.98 Å². The molecule has 2 nitrogen and oxygen atoms in total. The lowest BCUT2D eigenvalue weighted by atomic mass is 9.98. The number of hydrogen-bond acceptors (Lipinski definition) is 4. The SMILES string of the molecule is CSc1cccc(NC(C)c2sc(C(C)(C)C)nc2C)c1. The fourth-order valence-corrected chi connectivity index (χ4v) is 3.74. The summed E-state index contributed by atoms with van der Waals surface area (Å²) in [7, 11) is 0. The molecule has 21 heavy (non-hydrogen) atoms. The molecule has 1 atom stereocenters. The third-order valence-corrected chi connectivity index (χ3v) is 5.81. The lowest BCUT2D eigenvalue weighted by Gasteiger charge is -2.16. The van der Waals surface area contributed by atoms with E-state index >= 15 is 0 Å². The smallest absolute Gasteiger partial charge is 0.0985 e. The molecule has 0 bridgehead atoms. The van der Waals surface area contributed by atoms with Crippen molar-refractivity contribution in [2.24, 2.45) is 0 Å². The van der Waals surface area contributed by atoms with Crippen LogP contribution in [0.3, 0.4) is 0 Å². The fourth-order valence-electron chi connectivity index (χ4n) is 2.16. The van der Waals surface area contributed by atoms with Crippen molar-refractivity contribution >= 4 is 28.8 Å². The van der Waals surface area contributed by atoms with Gasteiger partial charge in [-0.15, -0.1) is 23.1 Å². The number of rotatable bonds is 4. The molecule has 4 heteroatoms. The van der Waals surface area contributed by atoms with E-state index in [9.17, 15) is 0 Å². The van der Waals surface area contributed by atoms with Crippen LogP contribution in [0, 0.1) is 6.92 Å². The highest BCUT2D eigenvalue weighted by molar-refractivity contribution is 7.98. The zero-order valence-corrected chi connectivity index (χ0v) is 15.3. The minimum Gasteiger partial charge on any atom is -0.378 e. The number of thiazole rings is 1. The fraction of sp³-hybridized carbons (Fsp3) is 0.471. The standard InChI is InChI=1S/C17H24N2S2/c1-11(18-13-8-7-9-14(10-13)20-6)15-12(2)19-16(21-15)17(3,4)5/h7-11,18H,1-6H3. The third-order valence-electron chi connectivity index (χ3n) is 3.32. The summed E-state index contributed by atoms with van der Waals surface area (Å²) in [5.74, 6) is 0. The highest BCUT2D eigenvalue weighted by atomic mass is 32.2. The van der Waals surface area contributed by atoms with Gasteiger partial charge in [0.05, 0.1) is 16.7 Å². The van der Waals surface area contributed by atoms with Gasteiger partial charge in [-0.1, -0.05) is 26.8 Å². The predicted octanol–water partition coefficient (Wildman–Crippen LogP) is 5.64. The van der Waals surface area contributed by atoms with E-state index < -0.39 is 0 Å². The maximum atomic E-state index is 4.75. The zero-order valence-electron chi connectivity index (χ0n) is 13.7. The maximum absolute atomic E-state index is 4.75. The topological polar surface area (TPSA) is 24.9 Å². The molecule has 1 unspecified atom stereocenters. The van der Waals surface area contributed by atoms with Gasteiger partial charge in [-0.25, -0.2) is 4.98 Å². The Kier molecular flexibility index (Phi) is 4.99. The van der Waals surface area contributed by atoms with Crippen LogP contribution in [0.4, 0.5) is 5.69 Å². The van der Waals surface area contributed by atoms with Gasteiger partial charge in [0.15, 0.2) is 0 Å². The normalized spacial score (nSPS) is 13.2. The van der Waals surface area contributed by atoms with E-state index in [0.717, 1.165) is 5.69 Å². The first kappa shape index (κ1) is 16.4. The van der Waals surface area contributed by atoms with Crippen molar-refractivity contribution < 1.29 is 0 Å². The number of nitrogens with zero attached hydrogens (tertiary/aromatic N) is 1. The Balaban J connectivity index is 2.20. The largest absolute Gasteiger partial charge is 0.378 e. The van der Waals surface area contributed by atoms with Crippen LogP contribution in [0.15, 0.2) is 29.2 Å². The lowest BCUT2D eigenvalue weighted by Crippen LogP contribution is -2.10. The van der Waals surface area contributed by atoms with E-state index in [0.29, 0.717) is 0 Å². The van der Waals surface area contributed by atoms with Crippen molar-refractivity contribution in [3.8, 4) is 0 Å². The van der Waals surface area contributed by atoms with Crippen LogP contribution < -0.4 is 5.32 Å². The van der Waals surface area contributed by atoms with Crippen LogP contribution in [0.5, 0.6) is 0 Å². The molecule has 2 rings (SSSR count). The Morgan fingerprint density at radius 1 is 1.29 bits per heavy atom. The second kappa shape index (κ2) is 6.41. The maximum Gasteiger partial charge on any atom is 0.0985 e. The minimum absolute atomic E-state index is 0.117. The number of thioether (sulfide) groups is 1. The summed E-state index contributed by atoms with van der Waals surface area (Å²) < 4.78 is 0. The Morgan fingerprint density at radius 3 is 2.57 bits per heavy atom. The van der Waals surface area contributed by atoms with Crippen molar-refractivity contribution in [3.05, 3.63) is 39.8 Å². The Morgan fingerprint density at radius 2 is 2.00 bits per heavy atom. The molecule has 0 amide bonds. The van der Waals surface area contributed by atoms with Gasteiger partial charge >= 0.3 is 0 Å². The van der Waals surface area contributed by atoms with E-state index in [1.807, 2.05) is 11.3 Å². The number of aryl methyl sites for hydroxylation is 1. The molecule has 0 saturated carbocycles. The quantitative estimate of drug-likeness (QED) is 0.737. The van der Waals surface area contributed by atoms with Crippen LogP contribution >= 0.6 is 23.1 Å². The molecule has 0 aliphatic carbocycles. The van der Waals surface area contributed by atoms with Crippen LogP contribution in [-0.2, 0) is 5.41 Å². The average Bonchev–Trinajstić information content (AvgIpc) is 2.81. The second-order valence-electron chi connectivity index (χ2n) is 6.32. The number of nitrogens with one attached hydrogen (secondary N) is 1. The second-order valence-corrected chi connectivity index (χ2v) is 8.23. The molecule has 1 aromatic carbocycles. The number of hydrogen-bond donors (Lipinski definition) is 1. The summed E-state index contributed by atoms with van der Waals surface area (Å²) >= 11 is 3.59. The van der Waals surface area contributed by atoms with E-state index in [2.05, 4.69) is 70.5 Å². The summed E-state index contributed by atoms with van der Waals surface area (Å²) in [4.78, 5) is 7.36. The van der Waals surface area contributed by atoms with Crippen LogP contribution in [-0.4, -0.2) is 11.2 Å². The molecule has 1 N–H and O–H groups in total. The van der Waals surface area contributed by atoms with Crippen molar-refractivity contribution in [2.75, 3.05) is 11.6 Å². The number of benzene rings is 1. The number of aromatic nitrogens is 1. The molecule has 0 aliphatic rings. The molecule has 0 spiro atoms. The van der Waals surface area contributed by atoms with Gasteiger partial charge in [-0.05, 0) is 38.3 Å². The van der Waals surface area contributed by atoms with Crippen LogP contribution in [0.2, 0.25) is 0 Å². The summed E-state index contributed by atoms with van der Waals surface area (Å²) in [6.45, 7) is 11.0. The van der Waals surface area contributed by atoms with Crippen molar-refractivity contribution in [1.82, 2.24) is 4.98 Å². The molecule has 2 aromatic rings. The first-order valence-corrected chi connectivity index (χ1v) is 9.24. The van der Waals surface area contributed by atoms with Gasteiger partial charge in [0, 0.05) is 20.9 Å². The van der Waals surface area contributed by atoms with Crippen molar-refractivity contribution in [2.45, 2.75) is 51.0 Å². The molecule has 0 saturated heterocycles. The highest BCUT2D eigenvalue weighted by Gasteiger charge is 2.22. The van der Waals surface area contributed by atoms with E-state index in [1.165, 1.54) is 20.5 Å². The molecule has 1 aromatic heterocycles. The highest BCUT2D eigenvalue weighted by Crippen LogP contribution is 2.34. The van der Waals surface area contributed by atoms with E-state index in [-0.39, 0.29) is 11.5 Å². The van der Waals surface area contributed by atoms with Gasteiger partial charge in [-0.3, -0.25) is 0 Å². The molecular weight excluding hydrogens is 296 g/mol. The van der Waals surface area contributed by atoms with Gasteiger partial charge in [-0.2, -0.15) is 0 Å². The molecule has 0 radical (unpaired) electrons. The minimum atomic E-state index is 0.117. The monoisotopic (exact) mass is 320 g/mol. The Labute approximate surface area is 136 Å². The average molecular weight is 321 g/mol. The van der Waals surface area contributed by atoms with Gasteiger partial charge < -0.3 is 5.32 Å². The summed E-state index contributed by atoms with van der Waals surface area (Å²) in [6, 6.07) is 8.83. The van der Waals surface area contributed by atoms with Crippen molar-refractivity contribution in [3.63, 3.8) is 0 Å². The molecule has 1 heterocycles. The molecule has 0 fully saturated rings. The number of anilines is 1.